The Labute approximate surface area is 135 Å². The van der Waals surface area contributed by atoms with Crippen LogP contribution in [0.2, 0.25) is 0 Å². The van der Waals surface area contributed by atoms with Gasteiger partial charge in [-0.1, -0.05) is 36.8 Å². The number of fused-ring (bicyclic) bond motifs is 1. The molecule has 0 aromatic heterocycles. The van der Waals surface area contributed by atoms with Crippen LogP contribution in [0, 0.1) is 17.3 Å². The highest BCUT2D eigenvalue weighted by molar-refractivity contribution is 5.95. The van der Waals surface area contributed by atoms with Crippen molar-refractivity contribution in [2.45, 2.75) is 65.4 Å². The number of carbonyl (C=O) groups excluding carboxylic acids is 1. The van der Waals surface area contributed by atoms with Crippen molar-refractivity contribution in [3.8, 4) is 0 Å². The van der Waals surface area contributed by atoms with E-state index in [9.17, 15) is 9.90 Å². The van der Waals surface area contributed by atoms with Gasteiger partial charge >= 0.3 is 0 Å². The molecule has 1 saturated carbocycles. The van der Waals surface area contributed by atoms with Gasteiger partial charge in [0.1, 0.15) is 0 Å². The third-order valence-electron chi connectivity index (χ3n) is 5.49. The molecule has 2 heteroatoms. The van der Waals surface area contributed by atoms with Crippen LogP contribution in [0.15, 0.2) is 36.0 Å². The van der Waals surface area contributed by atoms with Crippen molar-refractivity contribution in [3.05, 3.63) is 36.0 Å². The Kier molecular flexibility index (Phi) is 4.81. The molecule has 1 N–H and O–H groups in total. The van der Waals surface area contributed by atoms with Crippen LogP contribution in [-0.4, -0.2) is 16.5 Å². The molecule has 0 aromatic rings. The summed E-state index contributed by atoms with van der Waals surface area (Å²) in [6.07, 6.45) is 10.7. The number of carbonyl (C=O) groups is 1. The molecule has 0 amide bonds. The van der Waals surface area contributed by atoms with Crippen LogP contribution in [0.25, 0.3) is 0 Å². The summed E-state index contributed by atoms with van der Waals surface area (Å²) in [5.41, 5.74) is 1.52. The number of allylic oxidation sites excluding steroid dienone is 4. The van der Waals surface area contributed by atoms with E-state index in [2.05, 4.69) is 26.5 Å². The molecule has 2 nitrogen and oxygen atoms in total. The molecular formula is C20H30O2. The Hall–Kier alpha value is -1.15. The van der Waals surface area contributed by atoms with Gasteiger partial charge in [-0.25, -0.2) is 0 Å². The molecule has 0 radical (unpaired) electrons. The van der Waals surface area contributed by atoms with Crippen LogP contribution in [-0.2, 0) is 4.79 Å². The molecule has 0 heterocycles. The lowest BCUT2D eigenvalue weighted by Gasteiger charge is -2.53. The zero-order chi connectivity index (χ0) is 16.5. The topological polar surface area (TPSA) is 37.3 Å². The molecule has 1 fully saturated rings. The van der Waals surface area contributed by atoms with E-state index < -0.39 is 5.60 Å². The van der Waals surface area contributed by atoms with E-state index in [0.717, 1.165) is 32.1 Å². The summed E-state index contributed by atoms with van der Waals surface area (Å²) < 4.78 is 0. The molecule has 122 valence electrons. The van der Waals surface area contributed by atoms with Crippen LogP contribution in [0.5, 0.6) is 0 Å². The standard InChI is InChI=1S/C20H30O2/c1-14-7-6-8-15(2)16-13-20(5,17(16)10-9-14)18(21)11-12-19(3,4)22/h7,11-12,16-17,22H,2,6,8-10,13H2,1,3-5H3. The fraction of sp³-hybridized carbons (Fsp3) is 0.650. The predicted molar refractivity (Wildman–Crippen MR) is 91.5 cm³/mol. The number of rotatable bonds is 3. The van der Waals surface area contributed by atoms with Crippen molar-refractivity contribution in [1.82, 2.24) is 0 Å². The molecule has 0 aromatic carbocycles. The Morgan fingerprint density at radius 2 is 2.14 bits per heavy atom. The van der Waals surface area contributed by atoms with E-state index in [1.165, 1.54) is 11.1 Å². The van der Waals surface area contributed by atoms with Gasteiger partial charge in [-0.05, 0) is 70.8 Å². The van der Waals surface area contributed by atoms with Crippen molar-refractivity contribution in [2.24, 2.45) is 17.3 Å². The van der Waals surface area contributed by atoms with Gasteiger partial charge in [0.05, 0.1) is 5.60 Å². The van der Waals surface area contributed by atoms with Gasteiger partial charge in [0.2, 0.25) is 0 Å². The molecule has 3 atom stereocenters. The third-order valence-corrected chi connectivity index (χ3v) is 5.49. The van der Waals surface area contributed by atoms with Crippen molar-refractivity contribution in [3.63, 3.8) is 0 Å². The largest absolute Gasteiger partial charge is 0.386 e. The third kappa shape index (κ3) is 3.60. The number of aliphatic hydroxyl groups is 1. The minimum absolute atomic E-state index is 0.157. The zero-order valence-corrected chi connectivity index (χ0v) is 14.5. The second kappa shape index (κ2) is 6.16. The van der Waals surface area contributed by atoms with Crippen LogP contribution < -0.4 is 0 Å². The molecule has 2 aliphatic rings. The molecule has 0 saturated heterocycles. The maximum atomic E-state index is 12.7. The van der Waals surface area contributed by atoms with E-state index in [4.69, 9.17) is 0 Å². The lowest BCUT2D eigenvalue weighted by molar-refractivity contribution is -0.137. The fourth-order valence-electron chi connectivity index (χ4n) is 3.91. The number of ketones is 1. The Morgan fingerprint density at radius 1 is 1.45 bits per heavy atom. The summed E-state index contributed by atoms with van der Waals surface area (Å²) in [4.78, 5) is 12.7. The molecule has 22 heavy (non-hydrogen) atoms. The first-order valence-electron chi connectivity index (χ1n) is 8.43. The molecule has 0 aliphatic heterocycles. The van der Waals surface area contributed by atoms with Crippen LogP contribution in [0.1, 0.15) is 59.8 Å². The Bertz CT molecular complexity index is 518. The van der Waals surface area contributed by atoms with E-state index >= 15 is 0 Å². The summed E-state index contributed by atoms with van der Waals surface area (Å²) in [6.45, 7) is 11.9. The van der Waals surface area contributed by atoms with Crippen molar-refractivity contribution >= 4 is 5.78 Å². The highest BCUT2D eigenvalue weighted by atomic mass is 16.3. The molecular weight excluding hydrogens is 272 g/mol. The Morgan fingerprint density at radius 3 is 2.77 bits per heavy atom. The average molecular weight is 302 g/mol. The first kappa shape index (κ1) is 17.2. The molecule has 2 rings (SSSR count). The monoisotopic (exact) mass is 302 g/mol. The fourth-order valence-corrected chi connectivity index (χ4v) is 3.91. The Balaban J connectivity index is 2.16. The highest BCUT2D eigenvalue weighted by Gasteiger charge is 2.54. The minimum Gasteiger partial charge on any atom is -0.386 e. The summed E-state index contributed by atoms with van der Waals surface area (Å²) in [7, 11) is 0. The van der Waals surface area contributed by atoms with Crippen molar-refractivity contribution in [1.29, 1.82) is 0 Å². The van der Waals surface area contributed by atoms with Crippen LogP contribution >= 0.6 is 0 Å². The van der Waals surface area contributed by atoms with E-state index in [0.29, 0.717) is 11.8 Å². The van der Waals surface area contributed by atoms with Gasteiger partial charge in [0, 0.05) is 5.41 Å². The van der Waals surface area contributed by atoms with E-state index in [1.54, 1.807) is 26.0 Å². The first-order chi connectivity index (χ1) is 10.1. The summed E-state index contributed by atoms with van der Waals surface area (Å²) >= 11 is 0. The smallest absolute Gasteiger partial charge is 0.161 e. The average Bonchev–Trinajstić information content (AvgIpc) is 2.45. The van der Waals surface area contributed by atoms with Gasteiger partial charge in [0.15, 0.2) is 5.78 Å². The van der Waals surface area contributed by atoms with Crippen LogP contribution in [0.3, 0.4) is 0 Å². The molecule has 0 bridgehead atoms. The van der Waals surface area contributed by atoms with Gasteiger partial charge < -0.3 is 5.11 Å². The van der Waals surface area contributed by atoms with Gasteiger partial charge in [-0.15, -0.1) is 0 Å². The van der Waals surface area contributed by atoms with Gasteiger partial charge in [-0.3, -0.25) is 4.79 Å². The van der Waals surface area contributed by atoms with E-state index in [-0.39, 0.29) is 11.2 Å². The highest BCUT2D eigenvalue weighted by Crippen LogP contribution is 2.57. The molecule has 2 aliphatic carbocycles. The maximum Gasteiger partial charge on any atom is 0.161 e. The van der Waals surface area contributed by atoms with Crippen molar-refractivity contribution < 1.29 is 9.90 Å². The summed E-state index contributed by atoms with van der Waals surface area (Å²) in [6, 6.07) is 0. The summed E-state index contributed by atoms with van der Waals surface area (Å²) in [5.74, 6) is 1.04. The first-order valence-corrected chi connectivity index (χ1v) is 8.43. The summed E-state index contributed by atoms with van der Waals surface area (Å²) in [5, 5.41) is 9.79. The van der Waals surface area contributed by atoms with Crippen molar-refractivity contribution in [2.75, 3.05) is 0 Å². The predicted octanol–water partition coefficient (Wildman–Crippen LogP) is 4.60. The number of hydrogen-bond acceptors (Lipinski definition) is 2. The van der Waals surface area contributed by atoms with Gasteiger partial charge in [0.25, 0.3) is 0 Å². The second-order valence-corrected chi connectivity index (χ2v) is 7.97. The maximum absolute atomic E-state index is 12.7. The molecule has 0 spiro atoms. The molecule has 3 unspecified atom stereocenters. The SMILES string of the molecule is C=C1CCC=C(C)CCC2C1CC2(C)C(=O)C=CC(C)(C)O. The lowest BCUT2D eigenvalue weighted by atomic mass is 9.49. The minimum atomic E-state index is -0.934. The lowest BCUT2D eigenvalue weighted by Crippen LogP contribution is -2.51. The van der Waals surface area contributed by atoms with E-state index in [1.807, 2.05) is 0 Å². The van der Waals surface area contributed by atoms with Crippen LogP contribution in [0.4, 0.5) is 0 Å². The second-order valence-electron chi connectivity index (χ2n) is 7.97. The number of hydrogen-bond donors (Lipinski definition) is 1. The quantitative estimate of drug-likeness (QED) is 0.611. The zero-order valence-electron chi connectivity index (χ0n) is 14.5. The van der Waals surface area contributed by atoms with Gasteiger partial charge in [-0.2, -0.15) is 0 Å². The normalized spacial score (nSPS) is 33.3.